The molecule has 2 aromatic carbocycles. The molecule has 0 atom stereocenters. The largest absolute Gasteiger partial charge is 0.507 e. The monoisotopic (exact) mass is 370 g/mol. The highest BCUT2D eigenvalue weighted by Crippen LogP contribution is 2.55. The average molecular weight is 370 g/mol. The number of hydrogen-bond acceptors (Lipinski definition) is 6. The summed E-state index contributed by atoms with van der Waals surface area (Å²) in [6.07, 6.45) is 0. The topological polar surface area (TPSA) is 87.5 Å². The van der Waals surface area contributed by atoms with Crippen LogP contribution in [-0.4, -0.2) is 44.5 Å². The molecule has 3 aromatic rings. The van der Waals surface area contributed by atoms with E-state index in [1.54, 1.807) is 0 Å². The molecule has 6 nitrogen and oxygen atoms in total. The smallest absolute Gasteiger partial charge is 0.130 e. The fourth-order valence-corrected chi connectivity index (χ4v) is 4.65. The third kappa shape index (κ3) is 2.50. The minimum Gasteiger partial charge on any atom is -0.507 e. The third-order valence-corrected chi connectivity index (χ3v) is 6.24. The van der Waals surface area contributed by atoms with Gasteiger partial charge < -0.3 is 20.8 Å². The molecule has 1 aromatic heterocycles. The summed E-state index contributed by atoms with van der Waals surface area (Å²) in [4.78, 5) is 3.84. The summed E-state index contributed by atoms with van der Waals surface area (Å²) >= 11 is 1.39. The Hall–Kier alpha value is -2.38. The number of rotatable bonds is 5. The highest BCUT2D eigenvalue weighted by molar-refractivity contribution is 8.00. The van der Waals surface area contributed by atoms with E-state index in [2.05, 4.69) is 18.7 Å². The maximum Gasteiger partial charge on any atom is 0.130 e. The van der Waals surface area contributed by atoms with Crippen molar-refractivity contribution >= 4 is 28.4 Å². The van der Waals surface area contributed by atoms with Gasteiger partial charge in [-0.3, -0.25) is 4.68 Å². The van der Waals surface area contributed by atoms with Gasteiger partial charge in [-0.2, -0.15) is 5.10 Å². The molecule has 26 heavy (non-hydrogen) atoms. The number of fused-ring (bicyclic) bond motifs is 2. The Morgan fingerprint density at radius 1 is 1.08 bits per heavy atom. The second-order valence-electron chi connectivity index (χ2n) is 6.39. The van der Waals surface area contributed by atoms with Gasteiger partial charge in [0.15, 0.2) is 0 Å². The van der Waals surface area contributed by atoms with E-state index in [0.717, 1.165) is 42.0 Å². The second-order valence-corrected chi connectivity index (χ2v) is 7.41. The van der Waals surface area contributed by atoms with E-state index in [0.29, 0.717) is 21.8 Å². The van der Waals surface area contributed by atoms with Crippen molar-refractivity contribution in [3.05, 3.63) is 24.3 Å². The van der Waals surface area contributed by atoms with Crippen LogP contribution in [0.2, 0.25) is 0 Å². The first-order valence-electron chi connectivity index (χ1n) is 8.79. The number of phenolic OH excluding ortho intramolecular Hbond substituents is 2. The van der Waals surface area contributed by atoms with Crippen molar-refractivity contribution < 1.29 is 10.2 Å². The molecule has 4 N–H and O–H groups in total. The molecule has 0 unspecified atom stereocenters. The highest BCUT2D eigenvalue weighted by atomic mass is 32.2. The van der Waals surface area contributed by atoms with Gasteiger partial charge in [-0.25, -0.2) is 0 Å². The summed E-state index contributed by atoms with van der Waals surface area (Å²) in [5.74, 6) is 0.246. The predicted octanol–water partition coefficient (Wildman–Crippen LogP) is 3.50. The normalized spacial score (nSPS) is 12.7. The molecule has 0 saturated heterocycles. The quantitative estimate of drug-likeness (QED) is 0.368. The van der Waals surface area contributed by atoms with Gasteiger partial charge in [-0.1, -0.05) is 25.6 Å². The van der Waals surface area contributed by atoms with Crippen molar-refractivity contribution in [3.63, 3.8) is 0 Å². The van der Waals surface area contributed by atoms with Crippen LogP contribution >= 0.6 is 11.8 Å². The summed E-state index contributed by atoms with van der Waals surface area (Å²) in [5, 5.41) is 26.4. The average Bonchev–Trinajstić information content (AvgIpc) is 3.01. The molecule has 1 aliphatic heterocycles. The fraction of sp³-hybridized carbons (Fsp3) is 0.316. The van der Waals surface area contributed by atoms with Gasteiger partial charge in [-0.05, 0) is 37.4 Å². The molecule has 0 spiro atoms. The van der Waals surface area contributed by atoms with Gasteiger partial charge in [0.2, 0.25) is 0 Å². The number of anilines is 1. The van der Waals surface area contributed by atoms with Crippen LogP contribution in [0, 0.1) is 0 Å². The molecule has 0 aliphatic carbocycles. The number of nitrogen functional groups attached to an aromatic ring is 1. The molecule has 0 saturated carbocycles. The van der Waals surface area contributed by atoms with Crippen molar-refractivity contribution in [3.8, 4) is 22.8 Å². The van der Waals surface area contributed by atoms with Gasteiger partial charge in [-0.15, -0.1) is 0 Å². The van der Waals surface area contributed by atoms with Gasteiger partial charge in [0.1, 0.15) is 17.2 Å². The first-order valence-corrected chi connectivity index (χ1v) is 9.61. The van der Waals surface area contributed by atoms with E-state index in [-0.39, 0.29) is 11.5 Å². The van der Waals surface area contributed by atoms with Gasteiger partial charge in [0.05, 0.1) is 22.5 Å². The molecule has 2 heterocycles. The molecular formula is C19H22N4O2S. The lowest BCUT2D eigenvalue weighted by molar-refractivity contribution is 0.287. The van der Waals surface area contributed by atoms with Crippen LogP contribution in [0.4, 0.5) is 5.69 Å². The summed E-state index contributed by atoms with van der Waals surface area (Å²) in [5.41, 5.74) is 9.13. The molecule has 136 valence electrons. The van der Waals surface area contributed by atoms with Crippen molar-refractivity contribution in [1.82, 2.24) is 14.7 Å². The summed E-state index contributed by atoms with van der Waals surface area (Å²) in [6, 6.07) is 6.87. The number of aromatic nitrogens is 2. The molecule has 7 heteroatoms. The highest BCUT2D eigenvalue weighted by Gasteiger charge is 2.29. The molecule has 0 fully saturated rings. The minimum absolute atomic E-state index is 0.119. The van der Waals surface area contributed by atoms with Crippen LogP contribution in [0.3, 0.4) is 0 Å². The number of benzene rings is 2. The molecule has 0 radical (unpaired) electrons. The van der Waals surface area contributed by atoms with Gasteiger partial charge >= 0.3 is 0 Å². The SMILES string of the molecule is CCN(CC)CCn1nc2c3c(c(N)ccc31)Sc1c(O)ccc(O)c1-2. The Bertz CT molecular complexity index is 995. The van der Waals surface area contributed by atoms with Crippen LogP contribution < -0.4 is 5.73 Å². The lowest BCUT2D eigenvalue weighted by Crippen LogP contribution is -2.27. The third-order valence-electron chi connectivity index (χ3n) is 4.98. The van der Waals surface area contributed by atoms with Crippen LogP contribution in [0.25, 0.3) is 22.2 Å². The number of likely N-dealkylation sites (N-methyl/N-ethyl adjacent to an activating group) is 1. The second kappa shape index (κ2) is 6.41. The van der Waals surface area contributed by atoms with E-state index in [4.69, 9.17) is 10.8 Å². The summed E-state index contributed by atoms with van der Waals surface area (Å²) < 4.78 is 1.98. The lowest BCUT2D eigenvalue weighted by atomic mass is 10.0. The molecule has 4 rings (SSSR count). The minimum atomic E-state index is 0.119. The van der Waals surface area contributed by atoms with Crippen LogP contribution in [0.5, 0.6) is 11.5 Å². The number of aromatic hydroxyl groups is 2. The van der Waals surface area contributed by atoms with Crippen LogP contribution in [-0.2, 0) is 6.54 Å². The Kier molecular flexibility index (Phi) is 4.20. The van der Waals surface area contributed by atoms with E-state index in [1.165, 1.54) is 23.9 Å². The number of phenols is 2. The van der Waals surface area contributed by atoms with Gasteiger partial charge in [0, 0.05) is 22.5 Å². The number of hydrogen-bond donors (Lipinski definition) is 3. The van der Waals surface area contributed by atoms with Crippen molar-refractivity contribution in [2.24, 2.45) is 0 Å². The van der Waals surface area contributed by atoms with Crippen molar-refractivity contribution in [2.75, 3.05) is 25.4 Å². The molecule has 1 aliphatic rings. The van der Waals surface area contributed by atoms with Gasteiger partial charge in [0.25, 0.3) is 0 Å². The maximum atomic E-state index is 10.4. The molecule has 0 amide bonds. The number of nitrogens with two attached hydrogens (primary N) is 1. The Morgan fingerprint density at radius 3 is 2.54 bits per heavy atom. The standard InChI is InChI=1S/C19H22N4O2S/c1-3-22(4-2)9-10-23-12-6-5-11(20)18-15(12)17(21-23)16-13(24)7-8-14(25)19(16)26-18/h5-8,24-25H,3-4,9-10,20H2,1-2H3. The van der Waals surface area contributed by atoms with E-state index < -0.39 is 0 Å². The summed E-state index contributed by atoms with van der Waals surface area (Å²) in [7, 11) is 0. The predicted molar refractivity (Wildman–Crippen MR) is 105 cm³/mol. The zero-order valence-corrected chi connectivity index (χ0v) is 15.7. The first kappa shape index (κ1) is 17.1. The van der Waals surface area contributed by atoms with Crippen molar-refractivity contribution in [1.29, 1.82) is 0 Å². The molecular weight excluding hydrogens is 348 g/mol. The number of nitrogens with zero attached hydrogens (tertiary/aromatic N) is 3. The van der Waals surface area contributed by atoms with Crippen LogP contribution in [0.15, 0.2) is 34.1 Å². The molecule has 0 bridgehead atoms. The fourth-order valence-electron chi connectivity index (χ4n) is 3.48. The van der Waals surface area contributed by atoms with E-state index >= 15 is 0 Å². The first-order chi connectivity index (χ1) is 12.5. The lowest BCUT2D eigenvalue weighted by Gasteiger charge is -2.18. The Labute approximate surface area is 156 Å². The Morgan fingerprint density at radius 2 is 1.81 bits per heavy atom. The Balaban J connectivity index is 1.90. The van der Waals surface area contributed by atoms with E-state index in [9.17, 15) is 10.2 Å². The zero-order chi connectivity index (χ0) is 18.4. The van der Waals surface area contributed by atoms with Crippen molar-refractivity contribution in [2.45, 2.75) is 30.2 Å². The summed E-state index contributed by atoms with van der Waals surface area (Å²) in [6.45, 7) is 7.94. The zero-order valence-electron chi connectivity index (χ0n) is 14.9. The van der Waals surface area contributed by atoms with E-state index in [1.807, 2.05) is 16.8 Å². The van der Waals surface area contributed by atoms with Crippen LogP contribution in [0.1, 0.15) is 13.8 Å². The maximum absolute atomic E-state index is 10.4.